The molecule has 0 amide bonds. The molecule has 5 nitrogen and oxygen atoms in total. The summed E-state index contributed by atoms with van der Waals surface area (Å²) in [6.45, 7) is 12.1. The van der Waals surface area contributed by atoms with Gasteiger partial charge in [0.15, 0.2) is 0 Å². The highest BCUT2D eigenvalue weighted by atomic mass is 15.2. The van der Waals surface area contributed by atoms with Gasteiger partial charge in [-0.2, -0.15) is 0 Å². The van der Waals surface area contributed by atoms with Gasteiger partial charge in [0.2, 0.25) is 5.95 Å². The van der Waals surface area contributed by atoms with E-state index in [1.165, 1.54) is 26.2 Å². The lowest BCUT2D eigenvalue weighted by molar-refractivity contribution is 0.151. The quantitative estimate of drug-likeness (QED) is 0.884. The Bertz CT molecular complexity index is 406. The molecule has 0 aliphatic carbocycles. The Morgan fingerprint density at radius 2 is 1.75 bits per heavy atom. The third kappa shape index (κ3) is 4.72. The van der Waals surface area contributed by atoms with E-state index in [0.717, 1.165) is 30.3 Å². The highest BCUT2D eigenvalue weighted by Crippen LogP contribution is 2.08. The first-order valence-electron chi connectivity index (χ1n) is 7.52. The van der Waals surface area contributed by atoms with Crippen molar-refractivity contribution in [1.29, 1.82) is 0 Å². The molecule has 1 aromatic heterocycles. The Morgan fingerprint density at radius 1 is 1.15 bits per heavy atom. The number of likely N-dealkylation sites (N-methyl/N-ethyl adjacent to an activating group) is 1. The molecule has 0 aromatic carbocycles. The molecule has 1 unspecified atom stereocenters. The maximum absolute atomic E-state index is 4.44. The van der Waals surface area contributed by atoms with Crippen LogP contribution < -0.4 is 5.32 Å². The fourth-order valence-corrected chi connectivity index (χ4v) is 2.53. The molecule has 1 aliphatic heterocycles. The second kappa shape index (κ2) is 6.99. The Labute approximate surface area is 122 Å². The lowest BCUT2D eigenvalue weighted by Crippen LogP contribution is -2.45. The summed E-state index contributed by atoms with van der Waals surface area (Å²) >= 11 is 0. The van der Waals surface area contributed by atoms with Crippen molar-refractivity contribution in [3.05, 3.63) is 17.5 Å². The van der Waals surface area contributed by atoms with E-state index < -0.39 is 0 Å². The van der Waals surface area contributed by atoms with Gasteiger partial charge >= 0.3 is 0 Å². The Hall–Kier alpha value is -1.20. The number of anilines is 1. The molecular formula is C15H27N5. The second-order valence-electron chi connectivity index (χ2n) is 5.95. The van der Waals surface area contributed by atoms with Crippen LogP contribution in [0.1, 0.15) is 24.7 Å². The van der Waals surface area contributed by atoms with Crippen LogP contribution in [-0.4, -0.2) is 65.6 Å². The lowest BCUT2D eigenvalue weighted by atomic mass is 10.2. The molecule has 1 aliphatic rings. The molecular weight excluding hydrogens is 250 g/mol. The minimum Gasteiger partial charge on any atom is -0.352 e. The first-order chi connectivity index (χ1) is 9.52. The molecule has 20 heavy (non-hydrogen) atoms. The number of hydrogen-bond acceptors (Lipinski definition) is 5. The van der Waals surface area contributed by atoms with Crippen LogP contribution >= 0.6 is 0 Å². The van der Waals surface area contributed by atoms with Crippen molar-refractivity contribution in [3.8, 4) is 0 Å². The van der Waals surface area contributed by atoms with Gasteiger partial charge in [-0.25, -0.2) is 9.97 Å². The summed E-state index contributed by atoms with van der Waals surface area (Å²) in [6, 6.07) is 2.40. The topological polar surface area (TPSA) is 44.3 Å². The minimum absolute atomic E-state index is 0.399. The second-order valence-corrected chi connectivity index (χ2v) is 5.95. The first-order valence-corrected chi connectivity index (χ1v) is 7.52. The first kappa shape index (κ1) is 15.2. The van der Waals surface area contributed by atoms with Crippen molar-refractivity contribution >= 4 is 5.95 Å². The van der Waals surface area contributed by atoms with E-state index in [0.29, 0.717) is 6.04 Å². The number of piperazine rings is 1. The van der Waals surface area contributed by atoms with Crippen LogP contribution in [0.3, 0.4) is 0 Å². The van der Waals surface area contributed by atoms with E-state index >= 15 is 0 Å². The molecule has 0 spiro atoms. The highest BCUT2D eigenvalue weighted by Gasteiger charge is 2.14. The summed E-state index contributed by atoms with van der Waals surface area (Å²) in [5.74, 6) is 0.758. The predicted octanol–water partition coefficient (Wildman–Crippen LogP) is 1.53. The van der Waals surface area contributed by atoms with Gasteiger partial charge < -0.3 is 15.1 Å². The molecule has 0 radical (unpaired) electrons. The van der Waals surface area contributed by atoms with Crippen molar-refractivity contribution in [2.75, 3.05) is 45.1 Å². The zero-order chi connectivity index (χ0) is 14.5. The highest BCUT2D eigenvalue weighted by molar-refractivity contribution is 5.28. The summed E-state index contributed by atoms with van der Waals surface area (Å²) in [7, 11) is 2.19. The maximum atomic E-state index is 4.44. The molecule has 2 rings (SSSR count). The van der Waals surface area contributed by atoms with Crippen LogP contribution in [0.2, 0.25) is 0 Å². The molecule has 2 heterocycles. The Kier molecular flexibility index (Phi) is 5.31. The zero-order valence-corrected chi connectivity index (χ0v) is 13.2. The summed E-state index contributed by atoms with van der Waals surface area (Å²) in [5.41, 5.74) is 2.04. The molecule has 0 bridgehead atoms. The van der Waals surface area contributed by atoms with Crippen LogP contribution in [0.4, 0.5) is 5.95 Å². The summed E-state index contributed by atoms with van der Waals surface area (Å²) in [4.78, 5) is 13.8. The monoisotopic (exact) mass is 277 g/mol. The van der Waals surface area contributed by atoms with Crippen LogP contribution in [0.25, 0.3) is 0 Å². The largest absolute Gasteiger partial charge is 0.352 e. The number of aromatic nitrogens is 2. The van der Waals surface area contributed by atoms with Gasteiger partial charge in [-0.3, -0.25) is 0 Å². The lowest BCUT2D eigenvalue weighted by Gasteiger charge is -2.32. The standard InChI is InChI=1S/C15H27N5/c1-12(5-6-20-9-7-19(4)8-10-20)16-15-17-13(2)11-14(3)18-15/h11-12H,5-10H2,1-4H3,(H,16,17,18). The molecule has 1 fully saturated rings. The van der Waals surface area contributed by atoms with Crippen LogP contribution in [0, 0.1) is 13.8 Å². The molecule has 1 aromatic rings. The number of aryl methyl sites for hydroxylation is 2. The maximum Gasteiger partial charge on any atom is 0.223 e. The average molecular weight is 277 g/mol. The SMILES string of the molecule is Cc1cc(C)nc(NC(C)CCN2CCN(C)CC2)n1. The average Bonchev–Trinajstić information content (AvgIpc) is 2.37. The molecule has 0 saturated carbocycles. The molecule has 1 saturated heterocycles. The smallest absolute Gasteiger partial charge is 0.223 e. The van der Waals surface area contributed by atoms with Crippen molar-refractivity contribution in [1.82, 2.24) is 19.8 Å². The van der Waals surface area contributed by atoms with Gasteiger partial charge in [-0.15, -0.1) is 0 Å². The van der Waals surface area contributed by atoms with Gasteiger partial charge in [0.1, 0.15) is 0 Å². The van der Waals surface area contributed by atoms with Crippen LogP contribution in [-0.2, 0) is 0 Å². The van der Waals surface area contributed by atoms with E-state index in [1.807, 2.05) is 19.9 Å². The zero-order valence-electron chi connectivity index (χ0n) is 13.2. The van der Waals surface area contributed by atoms with E-state index in [-0.39, 0.29) is 0 Å². The predicted molar refractivity (Wildman–Crippen MR) is 83.1 cm³/mol. The van der Waals surface area contributed by atoms with Crippen molar-refractivity contribution in [3.63, 3.8) is 0 Å². The van der Waals surface area contributed by atoms with Crippen molar-refractivity contribution in [2.24, 2.45) is 0 Å². The Balaban J connectivity index is 1.76. The van der Waals surface area contributed by atoms with Gasteiger partial charge in [0, 0.05) is 50.2 Å². The molecule has 1 N–H and O–H groups in total. The summed E-state index contributed by atoms with van der Waals surface area (Å²) in [5, 5.41) is 3.41. The van der Waals surface area contributed by atoms with Gasteiger partial charge in [0.05, 0.1) is 0 Å². The molecule has 1 atom stereocenters. The third-order valence-corrected chi connectivity index (χ3v) is 3.83. The minimum atomic E-state index is 0.399. The van der Waals surface area contributed by atoms with Crippen LogP contribution in [0.5, 0.6) is 0 Å². The van der Waals surface area contributed by atoms with Gasteiger partial charge in [-0.05, 0) is 40.3 Å². The summed E-state index contributed by atoms with van der Waals surface area (Å²) in [6.07, 6.45) is 1.13. The number of rotatable bonds is 5. The van der Waals surface area contributed by atoms with E-state index in [4.69, 9.17) is 0 Å². The normalized spacial score (nSPS) is 19.0. The fraction of sp³-hybridized carbons (Fsp3) is 0.733. The molecule has 112 valence electrons. The number of nitrogens with one attached hydrogen (secondary N) is 1. The Morgan fingerprint density at radius 3 is 2.35 bits per heavy atom. The van der Waals surface area contributed by atoms with Gasteiger partial charge in [0.25, 0.3) is 0 Å². The number of nitrogens with zero attached hydrogens (tertiary/aromatic N) is 4. The van der Waals surface area contributed by atoms with Crippen molar-refractivity contribution < 1.29 is 0 Å². The van der Waals surface area contributed by atoms with Crippen LogP contribution in [0.15, 0.2) is 6.07 Å². The van der Waals surface area contributed by atoms with Crippen molar-refractivity contribution in [2.45, 2.75) is 33.2 Å². The van der Waals surface area contributed by atoms with E-state index in [2.05, 4.69) is 39.1 Å². The molecule has 5 heteroatoms. The third-order valence-electron chi connectivity index (χ3n) is 3.83. The van der Waals surface area contributed by atoms with Gasteiger partial charge in [-0.1, -0.05) is 0 Å². The van der Waals surface area contributed by atoms with E-state index in [1.54, 1.807) is 0 Å². The van der Waals surface area contributed by atoms with E-state index in [9.17, 15) is 0 Å². The fourth-order valence-electron chi connectivity index (χ4n) is 2.53. The number of hydrogen-bond donors (Lipinski definition) is 1. The summed E-state index contributed by atoms with van der Waals surface area (Å²) < 4.78 is 0.